The molecule has 1 aliphatic heterocycles. The van der Waals surface area contributed by atoms with Gasteiger partial charge in [-0.15, -0.1) is 0 Å². The summed E-state index contributed by atoms with van der Waals surface area (Å²) in [5.41, 5.74) is 1.10. The molecule has 1 atom stereocenters. The quantitative estimate of drug-likeness (QED) is 0.653. The van der Waals surface area contributed by atoms with Gasteiger partial charge in [0.15, 0.2) is 6.61 Å². The lowest BCUT2D eigenvalue weighted by molar-refractivity contribution is -0.123. The molecule has 1 saturated heterocycles. The number of halogens is 1. The van der Waals surface area contributed by atoms with Crippen molar-refractivity contribution in [1.29, 1.82) is 0 Å². The number of nitrogens with one attached hydrogen (secondary N) is 1. The molecule has 0 aromatic heterocycles. The molecule has 1 fully saturated rings. The van der Waals surface area contributed by atoms with Crippen LogP contribution < -0.4 is 14.4 Å². The van der Waals surface area contributed by atoms with Gasteiger partial charge < -0.3 is 14.8 Å². The Hall–Kier alpha value is -2.65. The van der Waals surface area contributed by atoms with Crippen molar-refractivity contribution in [3.63, 3.8) is 0 Å². The van der Waals surface area contributed by atoms with Crippen LogP contribution in [-0.4, -0.2) is 46.4 Å². The minimum absolute atomic E-state index is 0.0660. The molecule has 1 aliphatic rings. The molecule has 3 rings (SSSR count). The van der Waals surface area contributed by atoms with Gasteiger partial charge in [-0.25, -0.2) is 12.8 Å². The fraction of sp³-hybridized carbons (Fsp3) is 0.381. The molecule has 1 heterocycles. The average molecular weight is 437 g/mol. The largest absolute Gasteiger partial charge is 0.484 e. The molecule has 0 saturated carbocycles. The van der Waals surface area contributed by atoms with Crippen LogP contribution in [0.3, 0.4) is 0 Å². The molecule has 7 nitrogen and oxygen atoms in total. The van der Waals surface area contributed by atoms with Gasteiger partial charge in [-0.1, -0.05) is 12.1 Å². The fourth-order valence-corrected chi connectivity index (χ4v) is 3.99. The van der Waals surface area contributed by atoms with E-state index in [0.29, 0.717) is 23.5 Å². The van der Waals surface area contributed by atoms with Gasteiger partial charge >= 0.3 is 0 Å². The van der Waals surface area contributed by atoms with Crippen LogP contribution in [0.15, 0.2) is 48.5 Å². The van der Waals surface area contributed by atoms with Crippen molar-refractivity contribution >= 4 is 21.6 Å². The third-order valence-electron chi connectivity index (χ3n) is 4.69. The van der Waals surface area contributed by atoms with E-state index in [2.05, 4.69) is 5.32 Å². The van der Waals surface area contributed by atoms with E-state index in [4.69, 9.17) is 9.47 Å². The second-order valence-corrected chi connectivity index (χ2v) is 9.02. The van der Waals surface area contributed by atoms with Gasteiger partial charge in [-0.3, -0.25) is 9.10 Å². The summed E-state index contributed by atoms with van der Waals surface area (Å²) < 4.78 is 49.7. The van der Waals surface area contributed by atoms with Crippen molar-refractivity contribution in [2.24, 2.45) is 0 Å². The molecule has 0 aliphatic carbocycles. The minimum Gasteiger partial charge on any atom is -0.484 e. The third kappa shape index (κ3) is 6.43. The van der Waals surface area contributed by atoms with E-state index >= 15 is 0 Å². The first-order valence-corrected chi connectivity index (χ1v) is 11.5. The second kappa shape index (κ2) is 9.90. The molecule has 0 bridgehead atoms. The van der Waals surface area contributed by atoms with E-state index in [9.17, 15) is 17.6 Å². The van der Waals surface area contributed by atoms with Crippen LogP contribution in [0.4, 0.5) is 10.1 Å². The highest BCUT2D eigenvalue weighted by Gasteiger charge is 2.19. The number of benzene rings is 2. The van der Waals surface area contributed by atoms with Crippen LogP contribution in [-0.2, 0) is 26.1 Å². The van der Waals surface area contributed by atoms with Crippen molar-refractivity contribution in [1.82, 2.24) is 5.32 Å². The lowest BCUT2D eigenvalue weighted by Gasteiger charge is -2.23. The van der Waals surface area contributed by atoms with E-state index in [0.717, 1.165) is 25.7 Å². The number of nitrogens with zero attached hydrogens (tertiary/aromatic N) is 1. The van der Waals surface area contributed by atoms with Gasteiger partial charge in [-0.2, -0.15) is 0 Å². The average Bonchev–Trinajstić information content (AvgIpc) is 3.23. The summed E-state index contributed by atoms with van der Waals surface area (Å²) in [6.07, 6.45) is 3.13. The first-order valence-electron chi connectivity index (χ1n) is 9.64. The molecule has 9 heteroatoms. The minimum atomic E-state index is -3.56. The zero-order valence-corrected chi connectivity index (χ0v) is 17.5. The van der Waals surface area contributed by atoms with Crippen molar-refractivity contribution in [2.45, 2.75) is 25.5 Å². The molecular formula is C21H25FN2O5S. The zero-order valence-electron chi connectivity index (χ0n) is 16.7. The van der Waals surface area contributed by atoms with Gasteiger partial charge in [0.1, 0.15) is 11.6 Å². The standard InChI is InChI=1S/C21H25FN2O5S/c1-30(26,27)24(14-16-4-6-17(22)7-5-16)18-8-10-19(11-9-18)29-15-21(25)23-13-20-3-2-12-28-20/h4-11,20H,2-3,12-15H2,1H3,(H,23,25)/t20-/m0/s1. The molecule has 1 N–H and O–H groups in total. The predicted molar refractivity (Wildman–Crippen MR) is 111 cm³/mol. The predicted octanol–water partition coefficient (Wildman–Crippen LogP) is 2.47. The Morgan fingerprint density at radius 1 is 1.20 bits per heavy atom. The topological polar surface area (TPSA) is 84.9 Å². The van der Waals surface area contributed by atoms with Crippen LogP contribution >= 0.6 is 0 Å². The second-order valence-electron chi connectivity index (χ2n) is 7.12. The lowest BCUT2D eigenvalue weighted by Crippen LogP contribution is -2.35. The summed E-state index contributed by atoms with van der Waals surface area (Å²) >= 11 is 0. The van der Waals surface area contributed by atoms with Crippen molar-refractivity contribution in [3.8, 4) is 5.75 Å². The first kappa shape index (κ1) is 22.0. The summed E-state index contributed by atoms with van der Waals surface area (Å²) in [5, 5.41) is 2.77. The van der Waals surface area contributed by atoms with Crippen LogP contribution in [0.25, 0.3) is 0 Å². The lowest BCUT2D eigenvalue weighted by atomic mass is 10.2. The molecule has 162 valence electrons. The molecule has 30 heavy (non-hydrogen) atoms. The number of amides is 1. The molecular weight excluding hydrogens is 411 g/mol. The van der Waals surface area contributed by atoms with Crippen LogP contribution in [0.1, 0.15) is 18.4 Å². The highest BCUT2D eigenvalue weighted by Crippen LogP contribution is 2.24. The Kier molecular flexibility index (Phi) is 7.28. The Morgan fingerprint density at radius 2 is 1.90 bits per heavy atom. The number of carbonyl (C=O) groups is 1. The number of ether oxygens (including phenoxy) is 2. The number of anilines is 1. The zero-order chi connectivity index (χ0) is 21.6. The highest BCUT2D eigenvalue weighted by atomic mass is 32.2. The molecule has 2 aromatic rings. The van der Waals surface area contributed by atoms with Crippen LogP contribution in [0.2, 0.25) is 0 Å². The third-order valence-corrected chi connectivity index (χ3v) is 5.83. The maximum Gasteiger partial charge on any atom is 0.258 e. The highest BCUT2D eigenvalue weighted by molar-refractivity contribution is 7.92. The first-order chi connectivity index (χ1) is 14.3. The number of rotatable bonds is 9. The Balaban J connectivity index is 1.57. The molecule has 0 unspecified atom stereocenters. The Morgan fingerprint density at radius 3 is 2.50 bits per heavy atom. The monoisotopic (exact) mass is 436 g/mol. The van der Waals surface area contributed by atoms with Gasteiger partial charge in [-0.05, 0) is 54.8 Å². The van der Waals surface area contributed by atoms with E-state index in [1.54, 1.807) is 36.4 Å². The Bertz CT molecular complexity index is 942. The van der Waals surface area contributed by atoms with Gasteiger partial charge in [0.25, 0.3) is 5.91 Å². The van der Waals surface area contributed by atoms with Crippen molar-refractivity contribution in [3.05, 3.63) is 59.9 Å². The maximum atomic E-state index is 13.1. The molecule has 0 spiro atoms. The fourth-order valence-electron chi connectivity index (χ4n) is 3.10. The van der Waals surface area contributed by atoms with Crippen LogP contribution in [0.5, 0.6) is 5.75 Å². The Labute approximate surface area is 175 Å². The maximum absolute atomic E-state index is 13.1. The SMILES string of the molecule is CS(=O)(=O)N(Cc1ccc(F)cc1)c1ccc(OCC(=O)NC[C@@H]2CCCO2)cc1. The normalized spacial score (nSPS) is 16.3. The summed E-state index contributed by atoms with van der Waals surface area (Å²) in [7, 11) is -3.56. The molecule has 2 aromatic carbocycles. The van der Waals surface area contributed by atoms with Crippen molar-refractivity contribution < 1.29 is 27.1 Å². The number of sulfonamides is 1. The smallest absolute Gasteiger partial charge is 0.258 e. The van der Waals surface area contributed by atoms with Crippen LogP contribution in [0, 0.1) is 5.82 Å². The van der Waals surface area contributed by atoms with E-state index < -0.39 is 10.0 Å². The van der Waals surface area contributed by atoms with Gasteiger partial charge in [0.2, 0.25) is 10.0 Å². The summed E-state index contributed by atoms with van der Waals surface area (Å²) in [4.78, 5) is 11.9. The van der Waals surface area contributed by atoms with Crippen molar-refractivity contribution in [2.75, 3.05) is 30.3 Å². The summed E-state index contributed by atoms with van der Waals surface area (Å²) in [5.74, 6) is -0.184. The summed E-state index contributed by atoms with van der Waals surface area (Å²) in [6.45, 7) is 1.13. The number of carbonyl (C=O) groups excluding carboxylic acids is 1. The molecule has 1 amide bonds. The molecule has 0 radical (unpaired) electrons. The summed E-state index contributed by atoms with van der Waals surface area (Å²) in [6, 6.07) is 12.1. The van der Waals surface area contributed by atoms with E-state index in [1.165, 1.54) is 16.4 Å². The number of hydrogen-bond acceptors (Lipinski definition) is 5. The van der Waals surface area contributed by atoms with Gasteiger partial charge in [0.05, 0.1) is 24.6 Å². The van der Waals surface area contributed by atoms with E-state index in [1.807, 2.05) is 0 Å². The number of hydrogen-bond donors (Lipinski definition) is 1. The van der Waals surface area contributed by atoms with Gasteiger partial charge in [0, 0.05) is 13.2 Å². The van der Waals surface area contributed by atoms with E-state index in [-0.39, 0.29) is 31.0 Å².